The molecule has 0 bridgehead atoms. The van der Waals surface area contributed by atoms with Gasteiger partial charge in [-0.2, -0.15) is 5.10 Å². The molecule has 0 spiro atoms. The van der Waals surface area contributed by atoms with Crippen LogP contribution in [0.4, 0.5) is 0 Å². The van der Waals surface area contributed by atoms with Crippen LogP contribution in [0.3, 0.4) is 0 Å². The zero-order chi connectivity index (χ0) is 20.3. The molecule has 152 valence electrons. The topological polar surface area (TPSA) is 88.9 Å². The summed E-state index contributed by atoms with van der Waals surface area (Å²) in [5, 5.41) is 18.6. The normalized spacial score (nSPS) is 33.6. The van der Waals surface area contributed by atoms with Crippen molar-refractivity contribution in [3.8, 4) is 0 Å². The summed E-state index contributed by atoms with van der Waals surface area (Å²) in [6.45, 7) is 3.99. The Morgan fingerprint density at radius 2 is 2.10 bits per heavy atom. The van der Waals surface area contributed by atoms with Crippen molar-refractivity contribution in [3.05, 3.63) is 35.1 Å². The first-order valence-corrected chi connectivity index (χ1v) is 10.6. The quantitative estimate of drug-likeness (QED) is 0.715. The van der Waals surface area contributed by atoms with Crippen molar-refractivity contribution in [3.63, 3.8) is 0 Å². The fourth-order valence-corrected chi connectivity index (χ4v) is 5.73. The van der Waals surface area contributed by atoms with Gasteiger partial charge in [0.15, 0.2) is 0 Å². The highest BCUT2D eigenvalue weighted by atomic mass is 16.2. The predicted molar refractivity (Wildman–Crippen MR) is 110 cm³/mol. The molecule has 5 rings (SSSR count). The molecule has 0 saturated heterocycles. The lowest BCUT2D eigenvalue weighted by Crippen LogP contribution is -2.54. The first kappa shape index (κ1) is 18.3. The third-order valence-electron chi connectivity index (χ3n) is 6.94. The van der Waals surface area contributed by atoms with Crippen molar-refractivity contribution in [2.75, 3.05) is 6.54 Å². The summed E-state index contributed by atoms with van der Waals surface area (Å²) >= 11 is 0. The van der Waals surface area contributed by atoms with Gasteiger partial charge in [0.1, 0.15) is 6.04 Å². The van der Waals surface area contributed by atoms with E-state index in [1.165, 1.54) is 0 Å². The van der Waals surface area contributed by atoms with Crippen LogP contribution in [-0.4, -0.2) is 57.8 Å². The Morgan fingerprint density at radius 1 is 1.31 bits per heavy atom. The van der Waals surface area contributed by atoms with Gasteiger partial charge in [-0.25, -0.2) is 0 Å². The van der Waals surface area contributed by atoms with Crippen LogP contribution in [0.2, 0.25) is 0 Å². The number of carbonyl (C=O) groups excluding carboxylic acids is 2. The molecule has 2 N–H and O–H groups in total. The zero-order valence-corrected chi connectivity index (χ0v) is 16.9. The molecule has 1 saturated carbocycles. The Kier molecular flexibility index (Phi) is 4.22. The van der Waals surface area contributed by atoms with Gasteiger partial charge in [-0.3, -0.25) is 14.6 Å². The maximum absolute atomic E-state index is 13.0. The average Bonchev–Trinajstić information content (AvgIpc) is 3.24. The predicted octanol–water partition coefficient (Wildman–Crippen LogP) is 2.13. The van der Waals surface area contributed by atoms with E-state index in [4.69, 9.17) is 10.5 Å². The average molecular weight is 393 g/mol. The number of allylic oxidation sites excluding steroid dienone is 2. The van der Waals surface area contributed by atoms with Crippen LogP contribution in [0.5, 0.6) is 0 Å². The maximum atomic E-state index is 13.0. The highest BCUT2D eigenvalue weighted by Gasteiger charge is 2.50. The van der Waals surface area contributed by atoms with Crippen molar-refractivity contribution in [2.24, 2.45) is 11.0 Å². The van der Waals surface area contributed by atoms with Crippen LogP contribution in [0.1, 0.15) is 46.0 Å². The van der Waals surface area contributed by atoms with E-state index < -0.39 is 6.04 Å². The van der Waals surface area contributed by atoms with Crippen LogP contribution in [0.15, 0.2) is 40.2 Å². The molecule has 4 aliphatic heterocycles. The van der Waals surface area contributed by atoms with Crippen LogP contribution < -0.4 is 5.32 Å². The number of nitrogens with zero attached hydrogens (tertiary/aromatic N) is 3. The summed E-state index contributed by atoms with van der Waals surface area (Å²) in [7, 11) is 0. The molecule has 7 heteroatoms. The maximum Gasteiger partial charge on any atom is 0.250 e. The molecule has 4 atom stereocenters. The Bertz CT molecular complexity index is 927. The van der Waals surface area contributed by atoms with E-state index in [0.29, 0.717) is 17.8 Å². The van der Waals surface area contributed by atoms with E-state index in [9.17, 15) is 9.59 Å². The molecule has 29 heavy (non-hydrogen) atoms. The molecule has 7 nitrogen and oxygen atoms in total. The third kappa shape index (κ3) is 2.70. The van der Waals surface area contributed by atoms with Crippen molar-refractivity contribution < 1.29 is 9.59 Å². The molecule has 0 radical (unpaired) electrons. The zero-order valence-electron chi connectivity index (χ0n) is 16.9. The number of hydrazone groups is 1. The summed E-state index contributed by atoms with van der Waals surface area (Å²) in [4.78, 5) is 27.9. The Labute approximate surface area is 170 Å². The van der Waals surface area contributed by atoms with E-state index in [2.05, 4.69) is 11.4 Å². The van der Waals surface area contributed by atoms with Crippen molar-refractivity contribution in [1.82, 2.24) is 15.2 Å². The minimum Gasteiger partial charge on any atom is -0.348 e. The smallest absolute Gasteiger partial charge is 0.250 e. The first-order chi connectivity index (χ1) is 14.0. The van der Waals surface area contributed by atoms with Crippen LogP contribution in [-0.2, 0) is 9.59 Å². The molecule has 4 heterocycles. The van der Waals surface area contributed by atoms with E-state index in [1.54, 1.807) is 6.92 Å². The lowest BCUT2D eigenvalue weighted by Gasteiger charge is -2.44. The molecule has 5 aliphatic rings. The summed E-state index contributed by atoms with van der Waals surface area (Å²) in [6, 6.07) is -0.419. The lowest BCUT2D eigenvalue weighted by molar-refractivity contribution is -0.134. The van der Waals surface area contributed by atoms with Gasteiger partial charge < -0.3 is 15.6 Å². The standard InChI is InChI=1S/C22H27N5O2/c1-12-10-14-6-5-9-18(27(14)25-12)21-19-16(11-24-22(19)29)20(23)15-7-3-4-8-17(15)26(21)13(2)28/h5-6,9,14-15,17,21,23H,3-4,7-8,10-11H2,1-2H3,(H,24,29)/t14?,15?,17-,21-/m1/s1. The molecular weight excluding hydrogens is 366 g/mol. The van der Waals surface area contributed by atoms with E-state index in [-0.39, 0.29) is 29.8 Å². The minimum absolute atomic E-state index is 0.00491. The number of hydrogen-bond acceptors (Lipinski definition) is 5. The second-order valence-corrected chi connectivity index (χ2v) is 8.70. The van der Waals surface area contributed by atoms with Gasteiger partial charge in [0.2, 0.25) is 11.8 Å². The van der Waals surface area contributed by atoms with Crippen LogP contribution in [0, 0.1) is 11.3 Å². The minimum atomic E-state index is -0.499. The van der Waals surface area contributed by atoms with Gasteiger partial charge in [-0.05, 0) is 25.8 Å². The fourth-order valence-electron chi connectivity index (χ4n) is 5.73. The Hall–Kier alpha value is -2.70. The number of fused-ring (bicyclic) bond motifs is 2. The largest absolute Gasteiger partial charge is 0.348 e. The molecule has 0 aromatic carbocycles. The van der Waals surface area contributed by atoms with Gasteiger partial charge in [0, 0.05) is 48.8 Å². The number of carbonyl (C=O) groups is 2. The molecule has 0 aromatic heterocycles. The van der Waals surface area contributed by atoms with Crippen LogP contribution in [0.25, 0.3) is 0 Å². The number of nitrogens with one attached hydrogen (secondary N) is 2. The number of amides is 2. The highest BCUT2D eigenvalue weighted by molar-refractivity contribution is 6.13. The molecule has 1 aliphatic carbocycles. The second-order valence-electron chi connectivity index (χ2n) is 8.70. The van der Waals surface area contributed by atoms with Crippen molar-refractivity contribution in [2.45, 2.75) is 64.1 Å². The molecule has 0 aromatic rings. The molecular formula is C22H27N5O2. The molecule has 2 unspecified atom stereocenters. The summed E-state index contributed by atoms with van der Waals surface area (Å²) < 4.78 is 0. The lowest BCUT2D eigenvalue weighted by atomic mass is 9.79. The summed E-state index contributed by atoms with van der Waals surface area (Å²) in [6.07, 6.45) is 10.9. The van der Waals surface area contributed by atoms with Crippen molar-refractivity contribution >= 4 is 23.2 Å². The van der Waals surface area contributed by atoms with E-state index in [0.717, 1.165) is 49.1 Å². The summed E-state index contributed by atoms with van der Waals surface area (Å²) in [5.41, 5.74) is 3.81. The SMILES string of the molecule is CC(=O)N1[C@H](C2=CC=CC3CC(C)=NN23)C2=C(CNC2=O)C(=N)C2CCCC[C@H]21. The second kappa shape index (κ2) is 6.68. The van der Waals surface area contributed by atoms with E-state index in [1.807, 2.05) is 29.0 Å². The Morgan fingerprint density at radius 3 is 2.90 bits per heavy atom. The van der Waals surface area contributed by atoms with Gasteiger partial charge >= 0.3 is 0 Å². The first-order valence-electron chi connectivity index (χ1n) is 10.6. The van der Waals surface area contributed by atoms with Crippen molar-refractivity contribution in [1.29, 1.82) is 5.41 Å². The van der Waals surface area contributed by atoms with Gasteiger partial charge in [-0.15, -0.1) is 0 Å². The Balaban J connectivity index is 1.70. The fraction of sp³-hybridized carbons (Fsp3) is 0.545. The monoisotopic (exact) mass is 393 g/mol. The molecule has 1 fully saturated rings. The van der Waals surface area contributed by atoms with Gasteiger partial charge in [0.25, 0.3) is 0 Å². The number of rotatable bonds is 1. The third-order valence-corrected chi connectivity index (χ3v) is 6.94. The summed E-state index contributed by atoms with van der Waals surface area (Å²) in [5.74, 6) is -0.207. The van der Waals surface area contributed by atoms with Gasteiger partial charge in [0.05, 0.1) is 17.3 Å². The highest BCUT2D eigenvalue weighted by Crippen LogP contribution is 2.42. The van der Waals surface area contributed by atoms with E-state index >= 15 is 0 Å². The molecule has 2 amide bonds. The van der Waals surface area contributed by atoms with Gasteiger partial charge in [-0.1, -0.05) is 25.0 Å². The van der Waals surface area contributed by atoms with Crippen LogP contribution >= 0.6 is 0 Å². The number of hydrogen-bond donors (Lipinski definition) is 2.